The van der Waals surface area contributed by atoms with Crippen molar-refractivity contribution in [2.24, 2.45) is 39.2 Å². The molecule has 0 aliphatic carbocycles. The zero-order chi connectivity index (χ0) is 109. The number of halogens is 6. The van der Waals surface area contributed by atoms with Crippen LogP contribution in [0.4, 0.5) is 0 Å². The summed E-state index contributed by atoms with van der Waals surface area (Å²) in [5.41, 5.74) is 24.0. The first-order chi connectivity index (χ1) is 71.6. The van der Waals surface area contributed by atoms with Gasteiger partial charge in [0.2, 0.25) is 0 Å². The Hall–Kier alpha value is -12.0. The number of benzene rings is 4. The first-order valence-corrected chi connectivity index (χ1v) is 55.2. The first kappa shape index (κ1) is 118. The van der Waals surface area contributed by atoms with Crippen LogP contribution in [0.5, 0.6) is 17.2 Å². The molecule has 150 heavy (non-hydrogen) atoms. The van der Waals surface area contributed by atoms with Crippen LogP contribution in [0.25, 0.3) is 31.3 Å². The quantitative estimate of drug-likeness (QED) is 0.0100. The van der Waals surface area contributed by atoms with Gasteiger partial charge >= 0.3 is 11.9 Å². The van der Waals surface area contributed by atoms with Crippen LogP contribution >= 0.6 is 160 Å². The van der Waals surface area contributed by atoms with Crippen molar-refractivity contribution in [3.63, 3.8) is 0 Å². The number of hydrogen-bond donors (Lipinski definition) is 9. The molecular formula is C106H102Cl6N12O18S8. The number of carboxylic acid groups (broad SMARTS) is 2. The molecule has 30 nitrogen and oxygen atoms in total. The summed E-state index contributed by atoms with van der Waals surface area (Å²) in [5.74, 6) is -3.01. The maximum Gasteiger partial charge on any atom is 0.345 e. The van der Waals surface area contributed by atoms with Crippen LogP contribution in [0.1, 0.15) is 212 Å². The Morgan fingerprint density at radius 3 is 1.14 bits per heavy atom. The molecule has 2 amide bonds. The topological polar surface area (TPSA) is 482 Å². The van der Waals surface area contributed by atoms with Crippen molar-refractivity contribution in [1.29, 1.82) is 0 Å². The number of thiophene rings is 8. The van der Waals surface area contributed by atoms with Crippen molar-refractivity contribution in [3.8, 4) is 48.6 Å². The van der Waals surface area contributed by atoms with E-state index in [1.54, 1.807) is 170 Å². The van der Waals surface area contributed by atoms with E-state index < -0.39 is 18.0 Å². The molecular weight excluding hydrogens is 2200 g/mol. The number of nitrogens with two attached hydrogens (primary N) is 3. The number of nitrogens with zero attached hydrogens (tertiary/aromatic N) is 9. The van der Waals surface area contributed by atoms with Crippen LogP contribution in [0.3, 0.4) is 0 Å². The largest absolute Gasteiger partial charge is 0.506 e. The number of aliphatic hydroxyl groups is 1. The van der Waals surface area contributed by atoms with Crippen molar-refractivity contribution in [3.05, 3.63) is 311 Å². The number of piperazine rings is 1. The number of hydrogen-bond acceptors (Lipinski definition) is 33. The maximum absolute atomic E-state index is 12.9. The number of aryl methyl sites for hydroxylation is 3. The van der Waals surface area contributed by atoms with Gasteiger partial charge in [0.1, 0.15) is 41.8 Å². The average Bonchev–Trinajstić information content (AvgIpc) is 1.66. The summed E-state index contributed by atoms with van der Waals surface area (Å²) in [6.07, 6.45) is 11.6. The van der Waals surface area contributed by atoms with Crippen molar-refractivity contribution in [2.45, 2.75) is 91.7 Å². The minimum atomic E-state index is -1.07. The fourth-order valence-electron chi connectivity index (χ4n) is 14.6. The van der Waals surface area contributed by atoms with Gasteiger partial charge in [-0.25, -0.2) is 14.6 Å². The molecule has 12 N–H and O–H groups in total. The number of aromatic hydroxyl groups is 3. The van der Waals surface area contributed by atoms with E-state index in [2.05, 4.69) is 43.7 Å². The van der Waals surface area contributed by atoms with Gasteiger partial charge in [0.15, 0.2) is 46.3 Å². The fraction of sp³-hybridized carbons (Fsp3) is 0.255. The number of aromatic nitrogens is 3. The first-order valence-electron chi connectivity index (χ1n) is 46.2. The number of ketones is 8. The fourth-order valence-corrected chi connectivity index (χ4v) is 22.9. The summed E-state index contributed by atoms with van der Waals surface area (Å²) in [6, 6.07) is 41.8. The SMILES string of the molecule is CC(=NCC(=O)c1ccc(C(=O)N2CCN(C(C)C)CC2)s1)c1csc(-c2ccc(Cl)c(Cl)c2)c1O.CC(=NCC(=O)c1ccc(C(=O)O)cc1)c1csc(-c2ccc(Cl)c(Cl)c2)c1O.CC(=NCC(=O)c1ccc(C(=O)O)s1)c1csc(-c2ccc(Cl)c(Cl)c2)c1O.Cn1cncc1CCC(=O)c1ccc(C(=O)CN)s1.NCC(=O)c1ccc(C(=O)CCCCc2ccncc2)s1.NCC(=O)c1ccc(C(=O)N2CCC(O)C2)s1. The average molecular weight is 2300 g/mol. The number of carbonyl (C=O) groups is 12. The third kappa shape index (κ3) is 32.8. The molecule has 784 valence electrons. The predicted molar refractivity (Wildman–Crippen MR) is 602 cm³/mol. The van der Waals surface area contributed by atoms with Crippen molar-refractivity contribution >= 4 is 247 Å². The summed E-state index contributed by atoms with van der Waals surface area (Å²) in [6.45, 7) is 13.1. The van der Waals surface area contributed by atoms with Gasteiger partial charge in [-0.2, -0.15) is 0 Å². The Balaban J connectivity index is 0.000000174. The Morgan fingerprint density at radius 2 is 0.773 bits per heavy atom. The highest BCUT2D eigenvalue weighted by atomic mass is 35.5. The van der Waals surface area contributed by atoms with Crippen LogP contribution in [0, 0.1) is 0 Å². The normalized spacial score (nSPS) is 13.0. The number of carboxylic acids is 2. The van der Waals surface area contributed by atoms with E-state index in [9.17, 15) is 78.0 Å². The number of likely N-dealkylation sites (tertiary alicyclic amines) is 1. The molecule has 2 saturated heterocycles. The lowest BCUT2D eigenvalue weighted by Crippen LogP contribution is -2.50. The molecule has 0 saturated carbocycles. The van der Waals surface area contributed by atoms with Crippen LogP contribution < -0.4 is 17.2 Å². The maximum atomic E-state index is 12.9. The highest BCUT2D eigenvalue weighted by Crippen LogP contribution is 2.45. The summed E-state index contributed by atoms with van der Waals surface area (Å²) in [4.78, 5) is 176. The number of rotatable bonds is 36. The molecule has 0 radical (unpaired) electrons. The molecule has 0 spiro atoms. The van der Waals surface area contributed by atoms with Crippen molar-refractivity contribution in [2.75, 3.05) is 78.5 Å². The van der Waals surface area contributed by atoms with Gasteiger partial charge in [0, 0.05) is 145 Å². The molecule has 10 aromatic heterocycles. The van der Waals surface area contributed by atoms with E-state index in [1.807, 2.05) is 28.6 Å². The third-order valence-electron chi connectivity index (χ3n) is 23.2. The highest BCUT2D eigenvalue weighted by Gasteiger charge is 2.30. The van der Waals surface area contributed by atoms with Crippen LogP contribution in [0.15, 0.2) is 208 Å². The second-order valence-corrected chi connectivity index (χ2v) is 44.3. The van der Waals surface area contributed by atoms with E-state index in [0.29, 0.717) is 186 Å². The number of aliphatic hydroxyl groups excluding tert-OH is 1. The molecule has 14 aromatic rings. The number of amides is 2. The van der Waals surface area contributed by atoms with Gasteiger partial charge in [-0.15, -0.1) is 90.7 Å². The molecule has 44 heteroatoms. The summed E-state index contributed by atoms with van der Waals surface area (Å²) >= 11 is 45.8. The summed E-state index contributed by atoms with van der Waals surface area (Å²) < 4.78 is 1.89. The van der Waals surface area contributed by atoms with Gasteiger partial charge in [-0.05, 0) is 210 Å². The summed E-state index contributed by atoms with van der Waals surface area (Å²) in [5, 5.41) is 66.9. The van der Waals surface area contributed by atoms with Gasteiger partial charge in [-0.3, -0.25) is 72.8 Å². The lowest BCUT2D eigenvalue weighted by Gasteiger charge is -2.36. The number of carbonyl (C=O) groups excluding carboxylic acids is 10. The molecule has 2 fully saturated rings. The van der Waals surface area contributed by atoms with Crippen molar-refractivity contribution in [1.82, 2.24) is 29.2 Å². The third-order valence-corrected chi connectivity index (χ3v) is 34.1. The van der Waals surface area contributed by atoms with Gasteiger partial charge in [0.25, 0.3) is 11.8 Å². The standard InChI is InChI=1S/C26H27Cl2N3O3S2.C21H15Cl2NO4S.C19H13Cl2NO4S2.C16H18N2O2S.C13H15N3O2S.C11H14N2O3S/c1-15(2)30-8-10-31(11-9-30)26(34)23-7-6-22(36-23)21(32)13-29-16(3)18-14-35-25(24(18)33)17-4-5-19(27)20(28)12-17;1-11(24-9-18(25)12-2-4-13(5-3-12)21(27)28)15-10-29-20(19(15)26)14-6-7-16(22)17(23)8-14;1-9(22-7-14(23)15-4-5-16(28-15)19(25)26)11-8-27-18(17(11)24)10-2-3-12(20)13(21)6-10;17-11-14(20)16-6-5-15(21-16)13(19)4-2-1-3-12-7-9-18-10-8-12;1-16-8-15-7-9(16)2-3-10(17)12-4-5-13(19-12)11(18)6-14;12-5-8(15)9-1-2-10(17-9)11(16)13-4-3-7(14)6-13/h4-7,12,14-15,33H,8-11,13H2,1-3H3;2-8,10,26H,9H2,1H3,(H,27,28);2-6,8,24H,7H2,1H3,(H,25,26);5-10H,1-4,11,17H2;4-5,7-8H,2-3,6,14H2,1H3;1-2,7,14H,3-6,12H2. The summed E-state index contributed by atoms with van der Waals surface area (Å²) in [7, 11) is 1.90. The zero-order valence-corrected chi connectivity index (χ0v) is 92.5. The molecule has 2 aliphatic rings. The van der Waals surface area contributed by atoms with Crippen molar-refractivity contribution < 1.29 is 88.2 Å². The number of β-amino-alcohol motifs (C(OH)–C–C–N with tert-alkyl or cyclic N) is 1. The number of pyridine rings is 1. The van der Waals surface area contributed by atoms with E-state index >= 15 is 0 Å². The van der Waals surface area contributed by atoms with Crippen LogP contribution in [0.2, 0.25) is 30.1 Å². The predicted octanol–water partition coefficient (Wildman–Crippen LogP) is 22.5. The molecule has 1 atom stereocenters. The number of unbranched alkanes of at least 4 members (excludes halogenated alkanes) is 1. The second kappa shape index (κ2) is 56.9. The van der Waals surface area contributed by atoms with Gasteiger partial charge in [0.05, 0.1) is 126 Å². The lowest BCUT2D eigenvalue weighted by atomic mass is 10.1. The van der Waals surface area contributed by atoms with E-state index in [1.165, 1.54) is 110 Å². The number of Topliss-reactive ketones (excluding diaryl/α,β-unsaturated/α-hetero) is 8. The Morgan fingerprint density at radius 1 is 0.407 bits per heavy atom. The molecule has 1 unspecified atom stereocenters. The number of imidazole rings is 1. The number of aromatic carboxylic acids is 2. The molecule has 4 aromatic carbocycles. The van der Waals surface area contributed by atoms with Gasteiger partial charge < -0.3 is 62.2 Å². The Kier molecular flexibility index (Phi) is 44.9. The Labute approximate surface area is 925 Å². The minimum Gasteiger partial charge on any atom is -0.506 e. The Bertz CT molecular complexity index is 7330. The van der Waals surface area contributed by atoms with Crippen LogP contribution in [-0.4, -0.2) is 238 Å². The van der Waals surface area contributed by atoms with E-state index in [4.69, 9.17) is 97.0 Å². The molecule has 0 bridgehead atoms. The van der Waals surface area contributed by atoms with Gasteiger partial charge in [-0.1, -0.05) is 99.9 Å². The molecule has 16 rings (SSSR count). The monoisotopic (exact) mass is 2300 g/mol. The second-order valence-electron chi connectivity index (χ2n) is 33.8. The molecule has 2 aliphatic heterocycles. The smallest absolute Gasteiger partial charge is 0.345 e. The lowest BCUT2D eigenvalue weighted by molar-refractivity contribution is 0.0598. The van der Waals surface area contributed by atoms with Crippen LogP contribution in [-0.2, 0) is 19.9 Å². The zero-order valence-electron chi connectivity index (χ0n) is 81.4. The molecule has 12 heterocycles. The highest BCUT2D eigenvalue weighted by molar-refractivity contribution is 7.18. The number of aliphatic imine (C=N–C) groups is 3. The van der Waals surface area contributed by atoms with E-state index in [0.717, 1.165) is 77.4 Å². The van der Waals surface area contributed by atoms with E-state index in [-0.39, 0.29) is 125 Å². The minimum absolute atomic E-state index is 0.0138.